The molecule has 0 aliphatic rings. The third-order valence-electron chi connectivity index (χ3n) is 3.92. The third kappa shape index (κ3) is 2.71. The van der Waals surface area contributed by atoms with Crippen LogP contribution in [0.25, 0.3) is 11.2 Å². The van der Waals surface area contributed by atoms with Crippen molar-refractivity contribution in [3.8, 4) is 0 Å². The number of fused-ring (bicyclic) bond motifs is 1. The molecule has 0 radical (unpaired) electrons. The van der Waals surface area contributed by atoms with Gasteiger partial charge >= 0.3 is 5.69 Å². The van der Waals surface area contributed by atoms with E-state index >= 15 is 0 Å². The van der Waals surface area contributed by atoms with Gasteiger partial charge in [-0.25, -0.2) is 9.78 Å². The highest BCUT2D eigenvalue weighted by atomic mass is 79.9. The van der Waals surface area contributed by atoms with Crippen LogP contribution in [-0.4, -0.2) is 18.7 Å². The summed E-state index contributed by atoms with van der Waals surface area (Å²) in [6.07, 6.45) is 0.695. The standard InChI is InChI=1S/C16H16BrClN4O2/c1-3-8-21-14(23)12-13(20(2)16(21)24)19-15(17)22(12)9-10-6-4-5-7-11(10)18/h4-7H,3,8-9H2,1-2H3. The molecule has 24 heavy (non-hydrogen) atoms. The van der Waals surface area contributed by atoms with Crippen molar-refractivity contribution in [1.82, 2.24) is 18.7 Å². The Kier molecular flexibility index (Phi) is 4.64. The van der Waals surface area contributed by atoms with Crippen LogP contribution >= 0.6 is 27.5 Å². The van der Waals surface area contributed by atoms with Crippen molar-refractivity contribution >= 4 is 38.7 Å². The summed E-state index contributed by atoms with van der Waals surface area (Å²) >= 11 is 9.63. The quantitative estimate of drug-likeness (QED) is 0.620. The normalized spacial score (nSPS) is 11.3. The number of hydrogen-bond acceptors (Lipinski definition) is 3. The van der Waals surface area contributed by atoms with Gasteiger partial charge in [0.2, 0.25) is 0 Å². The van der Waals surface area contributed by atoms with Crippen molar-refractivity contribution in [1.29, 1.82) is 0 Å². The second-order valence-corrected chi connectivity index (χ2v) is 6.65. The number of hydrogen-bond donors (Lipinski definition) is 0. The van der Waals surface area contributed by atoms with Crippen molar-refractivity contribution in [3.63, 3.8) is 0 Å². The van der Waals surface area contributed by atoms with E-state index in [9.17, 15) is 9.59 Å². The first-order valence-electron chi connectivity index (χ1n) is 7.54. The van der Waals surface area contributed by atoms with Crippen molar-refractivity contribution in [3.05, 3.63) is 60.4 Å². The molecule has 6 nitrogen and oxygen atoms in total. The van der Waals surface area contributed by atoms with Crippen LogP contribution in [0.15, 0.2) is 38.6 Å². The van der Waals surface area contributed by atoms with Crippen LogP contribution in [0.4, 0.5) is 0 Å². The van der Waals surface area contributed by atoms with Gasteiger partial charge in [-0.05, 0) is 34.0 Å². The van der Waals surface area contributed by atoms with E-state index in [2.05, 4.69) is 20.9 Å². The first-order valence-corrected chi connectivity index (χ1v) is 8.71. The van der Waals surface area contributed by atoms with Crippen LogP contribution < -0.4 is 11.2 Å². The van der Waals surface area contributed by atoms with Gasteiger partial charge in [0.25, 0.3) is 5.56 Å². The smallest absolute Gasteiger partial charge is 0.308 e. The van der Waals surface area contributed by atoms with Crippen molar-refractivity contribution in [2.45, 2.75) is 26.4 Å². The predicted octanol–water partition coefficient (Wildman–Crippen LogP) is 2.77. The molecule has 0 spiro atoms. The molecular formula is C16H16BrClN4O2. The average Bonchev–Trinajstić information content (AvgIpc) is 2.89. The summed E-state index contributed by atoms with van der Waals surface area (Å²) < 4.78 is 4.88. The molecular weight excluding hydrogens is 396 g/mol. The number of benzene rings is 1. The van der Waals surface area contributed by atoms with E-state index in [1.807, 2.05) is 25.1 Å². The lowest BCUT2D eigenvalue weighted by molar-refractivity contribution is 0.590. The van der Waals surface area contributed by atoms with Crippen LogP contribution in [0.2, 0.25) is 5.02 Å². The van der Waals surface area contributed by atoms with Crippen LogP contribution in [0.1, 0.15) is 18.9 Å². The van der Waals surface area contributed by atoms with Crippen LogP contribution in [0.3, 0.4) is 0 Å². The monoisotopic (exact) mass is 410 g/mol. The van der Waals surface area contributed by atoms with Gasteiger partial charge in [0.15, 0.2) is 15.9 Å². The van der Waals surface area contributed by atoms with E-state index in [4.69, 9.17) is 11.6 Å². The Bertz CT molecular complexity index is 1030. The van der Waals surface area contributed by atoms with Gasteiger partial charge in [0.05, 0.1) is 6.54 Å². The molecule has 0 fully saturated rings. The molecule has 8 heteroatoms. The van der Waals surface area contributed by atoms with Crippen LogP contribution in [-0.2, 0) is 20.1 Å². The molecule has 0 N–H and O–H groups in total. The van der Waals surface area contributed by atoms with E-state index in [1.165, 1.54) is 9.13 Å². The number of imidazole rings is 1. The Morgan fingerprint density at radius 3 is 2.58 bits per heavy atom. The fourth-order valence-electron chi connectivity index (χ4n) is 2.71. The molecule has 3 rings (SSSR count). The third-order valence-corrected chi connectivity index (χ3v) is 4.89. The highest BCUT2D eigenvalue weighted by Crippen LogP contribution is 2.22. The minimum Gasteiger partial charge on any atom is -0.308 e. The van der Waals surface area contributed by atoms with E-state index in [1.54, 1.807) is 17.7 Å². The maximum Gasteiger partial charge on any atom is 0.332 e. The summed E-state index contributed by atoms with van der Waals surface area (Å²) in [4.78, 5) is 29.5. The van der Waals surface area contributed by atoms with Crippen molar-refractivity contribution in [2.75, 3.05) is 0 Å². The van der Waals surface area contributed by atoms with Gasteiger partial charge in [-0.1, -0.05) is 36.7 Å². The van der Waals surface area contributed by atoms with Gasteiger partial charge in [-0.2, -0.15) is 0 Å². The summed E-state index contributed by atoms with van der Waals surface area (Å²) in [5.41, 5.74) is 0.924. The second-order valence-electron chi connectivity index (χ2n) is 5.53. The van der Waals surface area contributed by atoms with Crippen LogP contribution in [0, 0.1) is 0 Å². The maximum atomic E-state index is 12.8. The van der Waals surface area contributed by atoms with E-state index < -0.39 is 0 Å². The number of halogens is 2. The Hall–Kier alpha value is -1.86. The van der Waals surface area contributed by atoms with Gasteiger partial charge in [-0.3, -0.25) is 13.9 Å². The lowest BCUT2D eigenvalue weighted by atomic mass is 10.2. The molecule has 2 heterocycles. The average molecular weight is 412 g/mol. The Morgan fingerprint density at radius 1 is 1.21 bits per heavy atom. The molecule has 0 aliphatic heterocycles. The topological polar surface area (TPSA) is 61.8 Å². The van der Waals surface area contributed by atoms with Gasteiger partial charge < -0.3 is 4.57 Å². The lowest BCUT2D eigenvalue weighted by Crippen LogP contribution is -2.39. The molecule has 2 aromatic heterocycles. The highest BCUT2D eigenvalue weighted by Gasteiger charge is 2.19. The van der Waals surface area contributed by atoms with Crippen LogP contribution in [0.5, 0.6) is 0 Å². The molecule has 0 unspecified atom stereocenters. The molecule has 0 saturated heterocycles. The second kappa shape index (κ2) is 6.57. The molecule has 126 valence electrons. The first kappa shape index (κ1) is 17.0. The number of rotatable bonds is 4. The molecule has 0 saturated carbocycles. The Morgan fingerprint density at radius 2 is 1.92 bits per heavy atom. The molecule has 0 amide bonds. The molecule has 0 atom stereocenters. The van der Waals surface area contributed by atoms with E-state index in [0.717, 1.165) is 5.56 Å². The fraction of sp³-hybridized carbons (Fsp3) is 0.312. The molecule has 1 aromatic carbocycles. The Balaban J connectivity index is 2.30. The summed E-state index contributed by atoms with van der Waals surface area (Å²) in [6, 6.07) is 7.44. The number of nitrogens with zero attached hydrogens (tertiary/aromatic N) is 4. The molecule has 0 aliphatic carbocycles. The largest absolute Gasteiger partial charge is 0.332 e. The minimum atomic E-state index is -0.357. The number of aromatic nitrogens is 4. The summed E-state index contributed by atoms with van der Waals surface area (Å²) in [5, 5.41) is 0.616. The fourth-order valence-corrected chi connectivity index (χ4v) is 3.37. The molecule has 3 aromatic rings. The van der Waals surface area contributed by atoms with Gasteiger partial charge in [0, 0.05) is 18.6 Å². The Labute approximate surface area is 151 Å². The van der Waals surface area contributed by atoms with E-state index in [0.29, 0.717) is 40.4 Å². The summed E-state index contributed by atoms with van der Waals surface area (Å²) in [5.74, 6) is 0. The lowest BCUT2D eigenvalue weighted by Gasteiger charge is -2.10. The zero-order valence-electron chi connectivity index (χ0n) is 13.3. The minimum absolute atomic E-state index is 0.333. The zero-order valence-corrected chi connectivity index (χ0v) is 15.6. The summed E-state index contributed by atoms with van der Waals surface area (Å²) in [7, 11) is 1.62. The highest BCUT2D eigenvalue weighted by molar-refractivity contribution is 9.10. The van der Waals surface area contributed by atoms with Crippen molar-refractivity contribution in [2.24, 2.45) is 7.05 Å². The first-order chi connectivity index (χ1) is 11.5. The van der Waals surface area contributed by atoms with Crippen molar-refractivity contribution < 1.29 is 0 Å². The number of aryl methyl sites for hydroxylation is 1. The van der Waals surface area contributed by atoms with Gasteiger partial charge in [0.1, 0.15) is 0 Å². The predicted molar refractivity (Wildman–Crippen MR) is 97.8 cm³/mol. The molecule has 0 bridgehead atoms. The maximum absolute atomic E-state index is 12.8. The van der Waals surface area contributed by atoms with Gasteiger partial charge in [-0.15, -0.1) is 0 Å². The zero-order chi connectivity index (χ0) is 17.4. The van der Waals surface area contributed by atoms with E-state index in [-0.39, 0.29) is 11.2 Å². The summed E-state index contributed by atoms with van der Waals surface area (Å²) in [6.45, 7) is 2.68. The SMILES string of the molecule is CCCn1c(=O)c2c(nc(Br)n2Cc2ccccc2Cl)n(C)c1=O.